The Kier molecular flexibility index (Phi) is 2.61. The number of aliphatic hydroxyl groups is 1. The normalized spacial score (nSPS) is 38.3. The van der Waals surface area contributed by atoms with Gasteiger partial charge in [-0.05, 0) is 39.0 Å². The Balaban J connectivity index is 1.85. The maximum absolute atomic E-state index is 9.79. The molecule has 2 atom stereocenters. The third kappa shape index (κ3) is 2.05. The highest BCUT2D eigenvalue weighted by atomic mass is 16.3. The van der Waals surface area contributed by atoms with E-state index in [0.717, 1.165) is 12.8 Å². The van der Waals surface area contributed by atoms with Crippen LogP contribution < -0.4 is 5.32 Å². The molecular weight excluding hydrogens is 162 g/mol. The van der Waals surface area contributed by atoms with Gasteiger partial charge in [-0.2, -0.15) is 0 Å². The maximum atomic E-state index is 9.79. The molecular formula is C11H21NO. The summed E-state index contributed by atoms with van der Waals surface area (Å²) in [6.07, 6.45) is 8.48. The summed E-state index contributed by atoms with van der Waals surface area (Å²) in [4.78, 5) is 0. The van der Waals surface area contributed by atoms with E-state index in [1.807, 2.05) is 0 Å². The van der Waals surface area contributed by atoms with Crippen LogP contribution in [0, 0.1) is 0 Å². The fourth-order valence-electron chi connectivity index (χ4n) is 2.58. The van der Waals surface area contributed by atoms with Crippen molar-refractivity contribution in [1.29, 1.82) is 0 Å². The molecule has 76 valence electrons. The highest BCUT2D eigenvalue weighted by Gasteiger charge is 2.36. The maximum Gasteiger partial charge on any atom is 0.0693 e. The van der Waals surface area contributed by atoms with Crippen molar-refractivity contribution in [2.75, 3.05) is 0 Å². The minimum absolute atomic E-state index is 0.0915. The van der Waals surface area contributed by atoms with Crippen LogP contribution in [0.15, 0.2) is 0 Å². The molecule has 0 amide bonds. The number of hydrogen-bond acceptors (Lipinski definition) is 2. The number of hydrogen-bond donors (Lipinski definition) is 2. The minimum Gasteiger partial charge on any atom is -0.392 e. The highest BCUT2D eigenvalue weighted by molar-refractivity contribution is 4.96. The molecule has 0 spiro atoms. The van der Waals surface area contributed by atoms with Gasteiger partial charge in [-0.3, -0.25) is 0 Å². The van der Waals surface area contributed by atoms with E-state index in [9.17, 15) is 5.11 Å². The summed E-state index contributed by atoms with van der Waals surface area (Å²) < 4.78 is 0. The molecule has 2 heteroatoms. The summed E-state index contributed by atoms with van der Waals surface area (Å²) in [6, 6.07) is 0.374. The third-order valence-electron chi connectivity index (χ3n) is 3.72. The molecule has 0 radical (unpaired) electrons. The third-order valence-corrected chi connectivity index (χ3v) is 3.72. The Morgan fingerprint density at radius 3 is 2.38 bits per heavy atom. The van der Waals surface area contributed by atoms with Crippen LogP contribution in [0.3, 0.4) is 0 Å². The molecule has 2 aliphatic carbocycles. The molecule has 0 aliphatic heterocycles. The van der Waals surface area contributed by atoms with Gasteiger partial charge in [0.05, 0.1) is 6.10 Å². The largest absolute Gasteiger partial charge is 0.392 e. The SMILES string of the molecule is CC1(N[C@H]2CCCC[C@@H]2O)CCC1. The molecule has 0 heterocycles. The van der Waals surface area contributed by atoms with Gasteiger partial charge in [-0.1, -0.05) is 12.8 Å². The molecule has 0 aromatic heterocycles. The van der Waals surface area contributed by atoms with Crippen molar-refractivity contribution in [2.45, 2.75) is 69.6 Å². The monoisotopic (exact) mass is 183 g/mol. The van der Waals surface area contributed by atoms with Crippen LogP contribution in [-0.4, -0.2) is 22.8 Å². The molecule has 0 aromatic carbocycles. The topological polar surface area (TPSA) is 32.3 Å². The van der Waals surface area contributed by atoms with Gasteiger partial charge >= 0.3 is 0 Å². The lowest BCUT2D eigenvalue weighted by Crippen LogP contribution is -2.56. The second-order valence-corrected chi connectivity index (χ2v) is 5.02. The van der Waals surface area contributed by atoms with Gasteiger partial charge in [0, 0.05) is 11.6 Å². The summed E-state index contributed by atoms with van der Waals surface area (Å²) in [5, 5.41) is 13.4. The zero-order valence-corrected chi connectivity index (χ0v) is 8.55. The van der Waals surface area contributed by atoms with Crippen molar-refractivity contribution in [2.24, 2.45) is 0 Å². The van der Waals surface area contributed by atoms with Crippen LogP contribution in [0.5, 0.6) is 0 Å². The van der Waals surface area contributed by atoms with Crippen LogP contribution in [-0.2, 0) is 0 Å². The molecule has 2 fully saturated rings. The van der Waals surface area contributed by atoms with Crippen molar-refractivity contribution < 1.29 is 5.11 Å². The van der Waals surface area contributed by atoms with Gasteiger partial charge in [0.1, 0.15) is 0 Å². The molecule has 2 rings (SSSR count). The lowest BCUT2D eigenvalue weighted by molar-refractivity contribution is 0.0567. The van der Waals surface area contributed by atoms with Crippen molar-refractivity contribution in [1.82, 2.24) is 5.32 Å². The van der Waals surface area contributed by atoms with Gasteiger partial charge in [0.15, 0.2) is 0 Å². The van der Waals surface area contributed by atoms with E-state index in [1.165, 1.54) is 32.1 Å². The first-order valence-electron chi connectivity index (χ1n) is 5.65. The van der Waals surface area contributed by atoms with Gasteiger partial charge < -0.3 is 10.4 Å². The van der Waals surface area contributed by atoms with E-state index in [-0.39, 0.29) is 6.10 Å². The van der Waals surface area contributed by atoms with Crippen molar-refractivity contribution in [3.05, 3.63) is 0 Å². The van der Waals surface area contributed by atoms with E-state index in [1.54, 1.807) is 0 Å². The summed E-state index contributed by atoms with van der Waals surface area (Å²) in [5.41, 5.74) is 0.350. The van der Waals surface area contributed by atoms with E-state index < -0.39 is 0 Å². The molecule has 0 saturated heterocycles. The predicted octanol–water partition coefficient (Wildman–Crippen LogP) is 1.82. The lowest BCUT2D eigenvalue weighted by atomic mass is 9.77. The standard InChI is InChI=1S/C11H21NO/c1-11(7-4-8-11)12-9-5-2-3-6-10(9)13/h9-10,12-13H,2-8H2,1H3/t9-,10-/m0/s1. The smallest absolute Gasteiger partial charge is 0.0693 e. The molecule has 0 bridgehead atoms. The first-order chi connectivity index (χ1) is 6.20. The van der Waals surface area contributed by atoms with Crippen molar-refractivity contribution in [3.63, 3.8) is 0 Å². The minimum atomic E-state index is -0.0915. The zero-order chi connectivity index (χ0) is 9.31. The molecule has 2 N–H and O–H groups in total. The van der Waals surface area contributed by atoms with Gasteiger partial charge in [0.2, 0.25) is 0 Å². The Bertz CT molecular complexity index is 177. The molecule has 2 nitrogen and oxygen atoms in total. The van der Waals surface area contributed by atoms with Crippen molar-refractivity contribution >= 4 is 0 Å². The second-order valence-electron chi connectivity index (χ2n) is 5.02. The molecule has 0 aromatic rings. The Morgan fingerprint density at radius 1 is 1.15 bits per heavy atom. The van der Waals surface area contributed by atoms with Gasteiger partial charge in [-0.15, -0.1) is 0 Å². The Morgan fingerprint density at radius 2 is 1.85 bits per heavy atom. The molecule has 2 aliphatic rings. The lowest BCUT2D eigenvalue weighted by Gasteiger charge is -2.44. The van der Waals surface area contributed by atoms with E-state index >= 15 is 0 Å². The second kappa shape index (κ2) is 3.58. The fraction of sp³-hybridized carbons (Fsp3) is 1.00. The first-order valence-corrected chi connectivity index (χ1v) is 5.65. The van der Waals surface area contributed by atoms with Crippen LogP contribution in [0.2, 0.25) is 0 Å². The average molecular weight is 183 g/mol. The summed E-state index contributed by atoms with van der Waals surface area (Å²) in [6.45, 7) is 2.29. The van der Waals surface area contributed by atoms with Gasteiger partial charge in [0.25, 0.3) is 0 Å². The summed E-state index contributed by atoms with van der Waals surface area (Å²) >= 11 is 0. The zero-order valence-electron chi connectivity index (χ0n) is 8.55. The summed E-state index contributed by atoms with van der Waals surface area (Å²) in [7, 11) is 0. The van der Waals surface area contributed by atoms with Crippen LogP contribution >= 0.6 is 0 Å². The van der Waals surface area contributed by atoms with Crippen LogP contribution in [0.25, 0.3) is 0 Å². The van der Waals surface area contributed by atoms with Gasteiger partial charge in [-0.25, -0.2) is 0 Å². The fourth-order valence-corrected chi connectivity index (χ4v) is 2.58. The quantitative estimate of drug-likeness (QED) is 0.684. The number of aliphatic hydroxyl groups excluding tert-OH is 1. The average Bonchev–Trinajstić information content (AvgIpc) is 2.06. The van der Waals surface area contributed by atoms with E-state index in [2.05, 4.69) is 12.2 Å². The molecule has 2 saturated carbocycles. The number of rotatable bonds is 2. The van der Waals surface area contributed by atoms with E-state index in [4.69, 9.17) is 0 Å². The van der Waals surface area contributed by atoms with Crippen molar-refractivity contribution in [3.8, 4) is 0 Å². The van der Waals surface area contributed by atoms with Crippen LogP contribution in [0.1, 0.15) is 51.9 Å². The Labute approximate surface area is 80.7 Å². The highest BCUT2D eigenvalue weighted by Crippen LogP contribution is 2.33. The van der Waals surface area contributed by atoms with Crippen LogP contribution in [0.4, 0.5) is 0 Å². The molecule has 0 unspecified atom stereocenters. The predicted molar refractivity (Wildman–Crippen MR) is 53.7 cm³/mol. The number of nitrogens with one attached hydrogen (secondary N) is 1. The Hall–Kier alpha value is -0.0800. The van der Waals surface area contributed by atoms with E-state index in [0.29, 0.717) is 11.6 Å². The molecule has 13 heavy (non-hydrogen) atoms. The summed E-state index contributed by atoms with van der Waals surface area (Å²) in [5.74, 6) is 0. The first kappa shape index (κ1) is 9.47.